The number of rotatable bonds is 2. The van der Waals surface area contributed by atoms with E-state index in [0.717, 1.165) is 18.2 Å². The lowest BCUT2D eigenvalue weighted by Gasteiger charge is -2.48. The van der Waals surface area contributed by atoms with Crippen molar-refractivity contribution in [1.29, 1.82) is 0 Å². The number of hydrogen-bond acceptors (Lipinski definition) is 0. The predicted molar refractivity (Wildman–Crippen MR) is 73.5 cm³/mol. The zero-order chi connectivity index (χ0) is 11.7. The minimum Gasteiger partial charge on any atom is -0.122 e. The summed E-state index contributed by atoms with van der Waals surface area (Å²) in [6.45, 7) is 4.34. The van der Waals surface area contributed by atoms with E-state index in [9.17, 15) is 0 Å². The molecule has 0 spiro atoms. The molecule has 1 aliphatic rings. The van der Waals surface area contributed by atoms with E-state index in [0.29, 0.717) is 0 Å². The summed E-state index contributed by atoms with van der Waals surface area (Å²) in [5.41, 5.74) is 1.59. The van der Waals surface area contributed by atoms with Crippen molar-refractivity contribution in [2.24, 2.45) is 10.8 Å². The SMILES string of the molecule is C[C@@]1(CBr)C[C@@](C)(/C=C/Cl)[C@@H](Cl)C[C@H]1Cl. The van der Waals surface area contributed by atoms with Crippen LogP contribution in [0, 0.1) is 10.8 Å². The Balaban J connectivity index is 2.94. The fourth-order valence-corrected chi connectivity index (χ4v) is 4.08. The van der Waals surface area contributed by atoms with Crippen molar-refractivity contribution in [1.82, 2.24) is 0 Å². The molecule has 15 heavy (non-hydrogen) atoms. The van der Waals surface area contributed by atoms with Crippen molar-refractivity contribution in [3.05, 3.63) is 11.6 Å². The minimum atomic E-state index is -0.0583. The average Bonchev–Trinajstić information content (AvgIpc) is 2.15. The van der Waals surface area contributed by atoms with E-state index in [2.05, 4.69) is 29.8 Å². The van der Waals surface area contributed by atoms with Gasteiger partial charge in [0.15, 0.2) is 0 Å². The fraction of sp³-hybridized carbons (Fsp3) is 0.818. The highest BCUT2D eigenvalue weighted by Gasteiger charge is 2.47. The highest BCUT2D eigenvalue weighted by atomic mass is 79.9. The summed E-state index contributed by atoms with van der Waals surface area (Å²) in [5, 5.41) is 1.07. The van der Waals surface area contributed by atoms with Gasteiger partial charge >= 0.3 is 0 Å². The Morgan fingerprint density at radius 2 is 1.93 bits per heavy atom. The van der Waals surface area contributed by atoms with Gasteiger partial charge < -0.3 is 0 Å². The Labute approximate surface area is 115 Å². The molecule has 0 amide bonds. The van der Waals surface area contributed by atoms with Crippen molar-refractivity contribution >= 4 is 50.7 Å². The monoisotopic (exact) mass is 332 g/mol. The van der Waals surface area contributed by atoms with E-state index in [1.54, 1.807) is 5.54 Å². The third-order valence-corrected chi connectivity index (χ3v) is 6.21. The number of hydrogen-bond donors (Lipinski definition) is 0. The molecule has 1 fully saturated rings. The van der Waals surface area contributed by atoms with Crippen molar-refractivity contribution in [3.63, 3.8) is 0 Å². The van der Waals surface area contributed by atoms with Crippen molar-refractivity contribution in [2.75, 3.05) is 5.33 Å². The molecule has 1 rings (SSSR count). The van der Waals surface area contributed by atoms with E-state index in [-0.39, 0.29) is 21.6 Å². The first kappa shape index (κ1) is 14.2. The number of halogens is 4. The van der Waals surface area contributed by atoms with Gasteiger partial charge in [0.1, 0.15) is 0 Å². The molecule has 0 heterocycles. The summed E-state index contributed by atoms with van der Waals surface area (Å²) >= 11 is 22.0. The summed E-state index contributed by atoms with van der Waals surface area (Å²) < 4.78 is 0. The van der Waals surface area contributed by atoms with E-state index in [1.807, 2.05) is 6.08 Å². The van der Waals surface area contributed by atoms with Gasteiger partial charge in [0.2, 0.25) is 0 Å². The molecule has 4 heteroatoms. The van der Waals surface area contributed by atoms with Gasteiger partial charge in [-0.3, -0.25) is 0 Å². The van der Waals surface area contributed by atoms with Crippen LogP contribution in [0.3, 0.4) is 0 Å². The zero-order valence-electron chi connectivity index (χ0n) is 8.94. The summed E-state index contributed by atoms with van der Waals surface area (Å²) in [6.07, 6.45) is 3.77. The van der Waals surface area contributed by atoms with Crippen LogP contribution in [0.5, 0.6) is 0 Å². The van der Waals surface area contributed by atoms with E-state index < -0.39 is 0 Å². The molecule has 1 saturated carbocycles. The first-order valence-corrected chi connectivity index (χ1v) is 7.43. The van der Waals surface area contributed by atoms with Gasteiger partial charge in [-0.2, -0.15) is 0 Å². The largest absolute Gasteiger partial charge is 0.122 e. The highest BCUT2D eigenvalue weighted by Crippen LogP contribution is 2.52. The van der Waals surface area contributed by atoms with Gasteiger partial charge in [0, 0.05) is 27.0 Å². The standard InChI is InChI=1S/C11H16BrCl3/c1-10(3-4-13)6-11(2,7-12)9(15)5-8(10)14/h3-4,8-9H,5-7H2,1-2H3/b4-3+/t8-,9+,10+,11-/m0/s1. The summed E-state index contributed by atoms with van der Waals surface area (Å²) in [6, 6.07) is 0. The molecule has 0 radical (unpaired) electrons. The van der Waals surface area contributed by atoms with Crippen LogP contribution < -0.4 is 0 Å². The summed E-state index contributed by atoms with van der Waals surface area (Å²) in [5.74, 6) is 0. The lowest BCUT2D eigenvalue weighted by molar-refractivity contribution is 0.154. The Bertz CT molecular complexity index is 256. The lowest BCUT2D eigenvalue weighted by atomic mass is 9.64. The highest BCUT2D eigenvalue weighted by molar-refractivity contribution is 9.09. The van der Waals surface area contributed by atoms with Gasteiger partial charge in [-0.15, -0.1) is 23.2 Å². The quantitative estimate of drug-likeness (QED) is 0.612. The molecular formula is C11H16BrCl3. The van der Waals surface area contributed by atoms with Crippen LogP contribution in [-0.4, -0.2) is 16.1 Å². The first-order chi connectivity index (χ1) is 6.88. The minimum absolute atomic E-state index is 0.0575. The van der Waals surface area contributed by atoms with Crippen molar-refractivity contribution < 1.29 is 0 Å². The molecule has 0 aromatic carbocycles. The van der Waals surface area contributed by atoms with Crippen molar-refractivity contribution in [2.45, 2.75) is 37.4 Å². The van der Waals surface area contributed by atoms with Crippen LogP contribution in [0.15, 0.2) is 11.6 Å². The molecule has 0 aromatic rings. The maximum Gasteiger partial charge on any atom is 0.0439 e. The lowest BCUT2D eigenvalue weighted by Crippen LogP contribution is -2.46. The summed E-state index contributed by atoms with van der Waals surface area (Å²) in [7, 11) is 0. The number of allylic oxidation sites excluding steroid dienone is 1. The molecule has 0 unspecified atom stereocenters. The molecule has 0 aliphatic heterocycles. The summed E-state index contributed by atoms with van der Waals surface area (Å²) in [4.78, 5) is 0. The molecule has 0 nitrogen and oxygen atoms in total. The zero-order valence-corrected chi connectivity index (χ0v) is 12.8. The normalized spacial score (nSPS) is 47.3. The Hall–Kier alpha value is 1.09. The topological polar surface area (TPSA) is 0 Å². The van der Waals surface area contributed by atoms with Crippen LogP contribution in [0.25, 0.3) is 0 Å². The molecular weight excluding hydrogens is 318 g/mol. The maximum atomic E-state index is 6.37. The maximum absolute atomic E-state index is 6.37. The Morgan fingerprint density at radius 1 is 1.33 bits per heavy atom. The van der Waals surface area contributed by atoms with Gasteiger partial charge in [0.05, 0.1) is 0 Å². The molecule has 4 atom stereocenters. The van der Waals surface area contributed by atoms with Crippen LogP contribution in [0.1, 0.15) is 26.7 Å². The van der Waals surface area contributed by atoms with Crippen LogP contribution in [0.2, 0.25) is 0 Å². The van der Waals surface area contributed by atoms with Crippen LogP contribution in [-0.2, 0) is 0 Å². The Kier molecular flexibility index (Phi) is 4.87. The van der Waals surface area contributed by atoms with Gasteiger partial charge in [-0.25, -0.2) is 0 Å². The molecule has 0 bridgehead atoms. The Morgan fingerprint density at radius 3 is 2.40 bits per heavy atom. The number of alkyl halides is 3. The van der Waals surface area contributed by atoms with E-state index >= 15 is 0 Å². The molecule has 0 N–H and O–H groups in total. The second-order valence-electron chi connectivity index (χ2n) is 4.93. The van der Waals surface area contributed by atoms with Crippen LogP contribution >= 0.6 is 50.7 Å². The van der Waals surface area contributed by atoms with Gasteiger partial charge in [0.25, 0.3) is 0 Å². The average molecular weight is 335 g/mol. The molecule has 88 valence electrons. The third kappa shape index (κ3) is 2.86. The van der Waals surface area contributed by atoms with E-state index in [1.165, 1.54) is 0 Å². The van der Waals surface area contributed by atoms with Gasteiger partial charge in [-0.05, 0) is 18.3 Å². The smallest absolute Gasteiger partial charge is 0.0439 e. The predicted octanol–water partition coefficient (Wildman–Crippen LogP) is 5.16. The fourth-order valence-electron chi connectivity index (χ4n) is 2.27. The van der Waals surface area contributed by atoms with E-state index in [4.69, 9.17) is 34.8 Å². The second kappa shape index (κ2) is 5.16. The van der Waals surface area contributed by atoms with Crippen molar-refractivity contribution in [3.8, 4) is 0 Å². The molecule has 0 saturated heterocycles. The second-order valence-corrected chi connectivity index (χ2v) is 6.80. The first-order valence-electron chi connectivity index (χ1n) is 5.00. The molecule has 0 aromatic heterocycles. The van der Waals surface area contributed by atoms with Crippen LogP contribution in [0.4, 0.5) is 0 Å². The molecule has 1 aliphatic carbocycles. The van der Waals surface area contributed by atoms with Gasteiger partial charge in [-0.1, -0.05) is 47.5 Å². The third-order valence-electron chi connectivity index (χ3n) is 3.42.